The Morgan fingerprint density at radius 1 is 0.750 bits per heavy atom. The van der Waals surface area contributed by atoms with Crippen molar-refractivity contribution in [3.63, 3.8) is 0 Å². The lowest BCUT2D eigenvalue weighted by molar-refractivity contribution is 1.39. The van der Waals surface area contributed by atoms with E-state index in [-0.39, 0.29) is 0 Å². The summed E-state index contributed by atoms with van der Waals surface area (Å²) >= 11 is 5.14. The van der Waals surface area contributed by atoms with Gasteiger partial charge in [-0.25, -0.2) is 0 Å². The minimum atomic E-state index is 0.912. The molecule has 0 aliphatic carbocycles. The van der Waals surface area contributed by atoms with E-state index in [2.05, 4.69) is 95.5 Å². The fourth-order valence-electron chi connectivity index (χ4n) is 2.70. The first-order valence-corrected chi connectivity index (χ1v) is 11.4. The maximum Gasteiger partial charge on any atom is 0.0819 e. The Hall–Kier alpha value is -2.40. The number of benzene rings is 3. The van der Waals surface area contributed by atoms with Gasteiger partial charge >= 0.3 is 0 Å². The van der Waals surface area contributed by atoms with Crippen molar-refractivity contribution < 1.29 is 0 Å². The first-order chi connectivity index (χ1) is 13.8. The van der Waals surface area contributed by atoms with Crippen LogP contribution in [-0.4, -0.2) is 0 Å². The molecule has 1 aromatic heterocycles. The van der Waals surface area contributed by atoms with Crippen LogP contribution in [0.5, 0.6) is 0 Å². The summed E-state index contributed by atoms with van der Waals surface area (Å²) in [4.78, 5) is 2.52. The molecule has 138 valence electrons. The van der Waals surface area contributed by atoms with E-state index in [1.54, 1.807) is 35.0 Å². The molecular formula is C24H19NS3. The van der Waals surface area contributed by atoms with Gasteiger partial charge in [0.15, 0.2) is 0 Å². The molecule has 0 saturated heterocycles. The van der Waals surface area contributed by atoms with Crippen molar-refractivity contribution in [3.8, 4) is 11.1 Å². The van der Waals surface area contributed by atoms with E-state index in [1.165, 1.54) is 25.1 Å². The number of hydrogen-bond acceptors (Lipinski definition) is 4. The monoisotopic (exact) mass is 417 g/mol. The summed E-state index contributed by atoms with van der Waals surface area (Å²) in [5, 5.41) is 2.19. The largest absolute Gasteiger partial charge is 0.325 e. The van der Waals surface area contributed by atoms with Crippen LogP contribution < -0.4 is 4.72 Å². The average molecular weight is 418 g/mol. The van der Waals surface area contributed by atoms with Crippen LogP contribution in [0.3, 0.4) is 0 Å². The lowest BCUT2D eigenvalue weighted by atomic mass is 10.0. The van der Waals surface area contributed by atoms with E-state index in [1.807, 2.05) is 12.1 Å². The Balaban J connectivity index is 1.34. The summed E-state index contributed by atoms with van der Waals surface area (Å²) in [6, 6.07) is 31.6. The highest BCUT2D eigenvalue weighted by atomic mass is 32.2. The molecule has 0 fully saturated rings. The molecule has 0 unspecified atom stereocenters. The molecule has 1 heterocycles. The second kappa shape index (κ2) is 9.20. The molecule has 28 heavy (non-hydrogen) atoms. The van der Waals surface area contributed by atoms with E-state index < -0.39 is 0 Å². The molecule has 0 amide bonds. The first kappa shape index (κ1) is 18.9. The van der Waals surface area contributed by atoms with Gasteiger partial charge < -0.3 is 4.72 Å². The summed E-state index contributed by atoms with van der Waals surface area (Å²) in [6.07, 6.45) is 0. The van der Waals surface area contributed by atoms with E-state index in [4.69, 9.17) is 0 Å². The van der Waals surface area contributed by atoms with Crippen LogP contribution in [0.25, 0.3) is 16.8 Å². The maximum atomic E-state index is 4.18. The van der Waals surface area contributed by atoms with E-state index in [0.717, 1.165) is 11.3 Å². The van der Waals surface area contributed by atoms with Crippen molar-refractivity contribution in [1.82, 2.24) is 4.72 Å². The molecular weight excluding hydrogens is 398 g/mol. The fraction of sp³-hybridized carbons (Fsp3) is 0. The topological polar surface area (TPSA) is 12.0 Å². The molecule has 0 saturated carbocycles. The predicted molar refractivity (Wildman–Crippen MR) is 125 cm³/mol. The minimum absolute atomic E-state index is 0.912. The Kier molecular flexibility index (Phi) is 6.22. The highest BCUT2D eigenvalue weighted by Crippen LogP contribution is 2.35. The lowest BCUT2D eigenvalue weighted by Gasteiger charge is -2.09. The zero-order valence-corrected chi connectivity index (χ0v) is 17.6. The summed E-state index contributed by atoms with van der Waals surface area (Å²) in [7, 11) is 0. The fourth-order valence-corrected chi connectivity index (χ4v) is 5.41. The zero-order valence-electron chi connectivity index (χ0n) is 15.2. The van der Waals surface area contributed by atoms with Crippen LogP contribution in [0, 0.1) is 0 Å². The first-order valence-electron chi connectivity index (χ1n) is 8.87. The third kappa shape index (κ3) is 4.90. The number of rotatable bonds is 7. The Morgan fingerprint density at radius 3 is 2.11 bits per heavy atom. The van der Waals surface area contributed by atoms with Crippen molar-refractivity contribution in [3.05, 3.63) is 109 Å². The van der Waals surface area contributed by atoms with Gasteiger partial charge in [-0.15, -0.1) is 11.3 Å². The molecule has 0 aliphatic rings. The van der Waals surface area contributed by atoms with Crippen LogP contribution >= 0.6 is 35.0 Å². The standard InChI is InChI=1S/C24H19NS3/c1-18(19-12-14-21(15-13-19)20-8-4-2-5-9-20)25-28-24-16-23(17-26-24)27-22-10-6-3-7-11-22/h2-17,25H,1H2. The zero-order chi connectivity index (χ0) is 19.2. The lowest BCUT2D eigenvalue weighted by Crippen LogP contribution is -2.00. The summed E-state index contributed by atoms with van der Waals surface area (Å²) in [6.45, 7) is 4.18. The van der Waals surface area contributed by atoms with Crippen LogP contribution in [-0.2, 0) is 0 Å². The molecule has 0 aliphatic heterocycles. The second-order valence-electron chi connectivity index (χ2n) is 6.14. The molecule has 0 atom stereocenters. The molecule has 3 aromatic carbocycles. The van der Waals surface area contributed by atoms with Gasteiger partial charge in [-0.2, -0.15) is 0 Å². The van der Waals surface area contributed by atoms with Gasteiger partial charge in [0.05, 0.1) is 4.21 Å². The van der Waals surface area contributed by atoms with Crippen LogP contribution in [0.1, 0.15) is 5.56 Å². The highest BCUT2D eigenvalue weighted by molar-refractivity contribution is 8.00. The third-order valence-corrected chi connectivity index (χ3v) is 7.20. The molecule has 1 N–H and O–H groups in total. The van der Waals surface area contributed by atoms with Crippen LogP contribution in [0.4, 0.5) is 0 Å². The summed E-state index contributed by atoms with van der Waals surface area (Å²) < 4.78 is 4.60. The van der Waals surface area contributed by atoms with Crippen LogP contribution in [0.15, 0.2) is 117 Å². The average Bonchev–Trinajstić information content (AvgIpc) is 3.21. The summed E-state index contributed by atoms with van der Waals surface area (Å²) in [5.74, 6) is 0. The van der Waals surface area contributed by atoms with Gasteiger partial charge in [0, 0.05) is 20.9 Å². The van der Waals surface area contributed by atoms with Gasteiger partial charge in [0.2, 0.25) is 0 Å². The molecule has 4 aromatic rings. The molecule has 1 nitrogen and oxygen atoms in total. The highest BCUT2D eigenvalue weighted by Gasteiger charge is 2.05. The normalized spacial score (nSPS) is 10.6. The maximum absolute atomic E-state index is 4.18. The quantitative estimate of drug-likeness (QED) is 0.308. The molecule has 0 radical (unpaired) electrons. The number of thiophene rings is 1. The third-order valence-electron chi connectivity index (χ3n) is 4.15. The molecule has 4 rings (SSSR count). The SMILES string of the molecule is C=C(NSc1cc(Sc2ccccc2)cs1)c1ccc(-c2ccccc2)cc1. The van der Waals surface area contributed by atoms with E-state index in [9.17, 15) is 0 Å². The van der Waals surface area contributed by atoms with Gasteiger partial charge in [-0.3, -0.25) is 0 Å². The van der Waals surface area contributed by atoms with Gasteiger partial charge in [-0.1, -0.05) is 91.1 Å². The molecule has 4 heteroatoms. The number of nitrogens with one attached hydrogen (secondary N) is 1. The van der Waals surface area contributed by atoms with Crippen molar-refractivity contribution in [2.24, 2.45) is 0 Å². The second-order valence-corrected chi connectivity index (χ2v) is 9.31. The van der Waals surface area contributed by atoms with Crippen molar-refractivity contribution in [1.29, 1.82) is 0 Å². The van der Waals surface area contributed by atoms with Gasteiger partial charge in [0.1, 0.15) is 0 Å². The Bertz CT molecular complexity index is 1040. The van der Waals surface area contributed by atoms with E-state index >= 15 is 0 Å². The Labute approximate surface area is 178 Å². The summed E-state index contributed by atoms with van der Waals surface area (Å²) in [5.41, 5.74) is 4.45. The smallest absolute Gasteiger partial charge is 0.0819 e. The van der Waals surface area contributed by atoms with Crippen molar-refractivity contribution in [2.75, 3.05) is 0 Å². The minimum Gasteiger partial charge on any atom is -0.325 e. The van der Waals surface area contributed by atoms with Gasteiger partial charge in [-0.05, 0) is 46.8 Å². The predicted octanol–water partition coefficient (Wildman–Crippen LogP) is 7.83. The van der Waals surface area contributed by atoms with Crippen LogP contribution in [0.2, 0.25) is 0 Å². The van der Waals surface area contributed by atoms with Crippen molar-refractivity contribution >= 4 is 40.7 Å². The van der Waals surface area contributed by atoms with Crippen molar-refractivity contribution in [2.45, 2.75) is 14.0 Å². The van der Waals surface area contributed by atoms with E-state index in [0.29, 0.717) is 0 Å². The molecule has 0 spiro atoms. The van der Waals surface area contributed by atoms with Gasteiger partial charge in [0.25, 0.3) is 0 Å². The molecule has 0 bridgehead atoms. The Morgan fingerprint density at radius 2 is 1.39 bits per heavy atom. The number of hydrogen-bond donors (Lipinski definition) is 1.